The van der Waals surface area contributed by atoms with Crippen LogP contribution >= 0.6 is 11.6 Å². The van der Waals surface area contributed by atoms with Crippen LogP contribution < -0.4 is 11.3 Å². The van der Waals surface area contributed by atoms with Gasteiger partial charge >= 0.3 is 0 Å². The van der Waals surface area contributed by atoms with E-state index in [1.807, 2.05) is 18.7 Å². The molecule has 112 valence electrons. The summed E-state index contributed by atoms with van der Waals surface area (Å²) in [5.74, 6) is 6.32. The van der Waals surface area contributed by atoms with E-state index in [1.165, 1.54) is 11.1 Å². The Hall–Kier alpha value is -1.36. The van der Waals surface area contributed by atoms with Gasteiger partial charge in [-0.25, -0.2) is 0 Å². The molecule has 0 saturated heterocycles. The van der Waals surface area contributed by atoms with Gasteiger partial charge in [0.1, 0.15) is 0 Å². The van der Waals surface area contributed by atoms with Crippen LogP contribution in [0.25, 0.3) is 0 Å². The first-order valence-electron chi connectivity index (χ1n) is 7.31. The van der Waals surface area contributed by atoms with E-state index in [9.17, 15) is 0 Å². The average molecular weight is 305 g/mol. The van der Waals surface area contributed by atoms with E-state index in [-0.39, 0.29) is 6.04 Å². The second-order valence-corrected chi connectivity index (χ2v) is 6.26. The van der Waals surface area contributed by atoms with Crippen LogP contribution in [0.2, 0.25) is 5.02 Å². The van der Waals surface area contributed by atoms with Crippen molar-refractivity contribution in [1.82, 2.24) is 15.2 Å². The van der Waals surface area contributed by atoms with Gasteiger partial charge in [-0.1, -0.05) is 35.9 Å². The van der Waals surface area contributed by atoms with E-state index in [1.54, 1.807) is 0 Å². The average Bonchev–Trinajstić information content (AvgIpc) is 3.00. The van der Waals surface area contributed by atoms with Gasteiger partial charge in [0.15, 0.2) is 0 Å². The summed E-state index contributed by atoms with van der Waals surface area (Å²) >= 11 is 6.36. The Balaban J connectivity index is 1.78. The SMILES string of the molecule is Cc1nn(C)c(CC(NN)C2Cc3ccccc3C2)c1Cl. The van der Waals surface area contributed by atoms with Crippen LogP contribution in [-0.2, 0) is 26.3 Å². The highest BCUT2D eigenvalue weighted by Gasteiger charge is 2.29. The Labute approximate surface area is 130 Å². The van der Waals surface area contributed by atoms with Crippen molar-refractivity contribution in [3.8, 4) is 0 Å². The summed E-state index contributed by atoms with van der Waals surface area (Å²) in [5, 5.41) is 5.14. The topological polar surface area (TPSA) is 55.9 Å². The number of hydrazine groups is 1. The first-order chi connectivity index (χ1) is 10.1. The van der Waals surface area contributed by atoms with E-state index in [0.29, 0.717) is 5.92 Å². The molecule has 1 heterocycles. The molecule has 4 nitrogen and oxygen atoms in total. The number of benzene rings is 1. The normalized spacial score (nSPS) is 16.2. The van der Waals surface area contributed by atoms with E-state index in [4.69, 9.17) is 17.4 Å². The molecule has 1 atom stereocenters. The van der Waals surface area contributed by atoms with Crippen molar-refractivity contribution in [2.45, 2.75) is 32.2 Å². The van der Waals surface area contributed by atoms with Gasteiger partial charge in [-0.3, -0.25) is 16.0 Å². The molecule has 0 radical (unpaired) electrons. The third-order valence-electron chi connectivity index (χ3n) is 4.54. The number of nitrogens with two attached hydrogens (primary N) is 1. The molecule has 0 saturated carbocycles. The van der Waals surface area contributed by atoms with Gasteiger partial charge < -0.3 is 0 Å². The number of aromatic nitrogens is 2. The Morgan fingerprint density at radius 1 is 1.38 bits per heavy atom. The predicted molar refractivity (Wildman–Crippen MR) is 85.1 cm³/mol. The van der Waals surface area contributed by atoms with Crippen molar-refractivity contribution in [3.05, 3.63) is 51.8 Å². The van der Waals surface area contributed by atoms with E-state index >= 15 is 0 Å². The lowest BCUT2D eigenvalue weighted by Crippen LogP contribution is -2.43. The maximum atomic E-state index is 6.36. The fourth-order valence-corrected chi connectivity index (χ4v) is 3.59. The molecule has 1 aliphatic rings. The second-order valence-electron chi connectivity index (χ2n) is 5.88. The summed E-state index contributed by atoms with van der Waals surface area (Å²) in [6.45, 7) is 1.93. The van der Waals surface area contributed by atoms with Gasteiger partial charge in [0.2, 0.25) is 0 Å². The number of fused-ring (bicyclic) bond motifs is 1. The number of hydrogen-bond acceptors (Lipinski definition) is 3. The van der Waals surface area contributed by atoms with Crippen LogP contribution in [0.3, 0.4) is 0 Å². The van der Waals surface area contributed by atoms with Crippen molar-refractivity contribution in [2.75, 3.05) is 0 Å². The molecule has 0 spiro atoms. The molecule has 3 N–H and O–H groups in total. The Bertz CT molecular complexity index is 625. The molecule has 0 fully saturated rings. The molecule has 0 amide bonds. The summed E-state index contributed by atoms with van der Waals surface area (Å²) in [4.78, 5) is 0. The number of hydrogen-bond donors (Lipinski definition) is 2. The van der Waals surface area contributed by atoms with Gasteiger partial charge in [-0.15, -0.1) is 0 Å². The minimum Gasteiger partial charge on any atom is -0.271 e. The van der Waals surface area contributed by atoms with E-state index in [0.717, 1.165) is 35.7 Å². The largest absolute Gasteiger partial charge is 0.271 e. The molecule has 0 bridgehead atoms. The number of halogens is 1. The molecular formula is C16H21ClN4. The molecule has 1 unspecified atom stereocenters. The molecule has 0 aliphatic heterocycles. The highest BCUT2D eigenvalue weighted by atomic mass is 35.5. The first kappa shape index (κ1) is 14.6. The minimum atomic E-state index is 0.199. The summed E-state index contributed by atoms with van der Waals surface area (Å²) in [5.41, 5.74) is 7.79. The van der Waals surface area contributed by atoms with Gasteiger partial charge in [0, 0.05) is 19.5 Å². The van der Waals surface area contributed by atoms with Crippen molar-refractivity contribution in [2.24, 2.45) is 18.8 Å². The number of aryl methyl sites for hydroxylation is 2. The zero-order valence-corrected chi connectivity index (χ0v) is 13.2. The van der Waals surface area contributed by atoms with Gasteiger partial charge in [-0.05, 0) is 36.8 Å². The third kappa shape index (κ3) is 2.71. The third-order valence-corrected chi connectivity index (χ3v) is 5.03. The van der Waals surface area contributed by atoms with Crippen molar-refractivity contribution >= 4 is 11.6 Å². The molecule has 5 heteroatoms. The van der Waals surface area contributed by atoms with Crippen LogP contribution in [0, 0.1) is 12.8 Å². The quantitative estimate of drug-likeness (QED) is 0.672. The Morgan fingerprint density at radius 2 is 2.00 bits per heavy atom. The van der Waals surface area contributed by atoms with E-state index in [2.05, 4.69) is 34.8 Å². The fraction of sp³-hybridized carbons (Fsp3) is 0.438. The standard InChI is InChI=1S/C16H21ClN4/c1-10-16(17)15(21(2)20-10)9-14(19-18)13-7-11-5-3-4-6-12(11)8-13/h3-6,13-14,19H,7-9,18H2,1-2H3. The van der Waals surface area contributed by atoms with Crippen LogP contribution in [-0.4, -0.2) is 15.8 Å². The summed E-state index contributed by atoms with van der Waals surface area (Å²) < 4.78 is 1.87. The smallest absolute Gasteiger partial charge is 0.0847 e. The monoisotopic (exact) mass is 304 g/mol. The van der Waals surface area contributed by atoms with Gasteiger partial charge in [0.05, 0.1) is 16.4 Å². The highest BCUT2D eigenvalue weighted by Crippen LogP contribution is 2.31. The maximum absolute atomic E-state index is 6.36. The summed E-state index contributed by atoms with van der Waals surface area (Å²) in [7, 11) is 1.94. The lowest BCUT2D eigenvalue weighted by Gasteiger charge is -2.22. The van der Waals surface area contributed by atoms with Crippen molar-refractivity contribution in [3.63, 3.8) is 0 Å². The minimum absolute atomic E-state index is 0.199. The van der Waals surface area contributed by atoms with Crippen LogP contribution in [0.4, 0.5) is 0 Å². The molecule has 1 aromatic heterocycles. The molecule has 1 aliphatic carbocycles. The summed E-state index contributed by atoms with van der Waals surface area (Å²) in [6.07, 6.45) is 2.93. The number of nitrogens with zero attached hydrogens (tertiary/aromatic N) is 2. The Kier molecular flexibility index (Phi) is 4.02. The first-order valence-corrected chi connectivity index (χ1v) is 7.68. The second kappa shape index (κ2) is 5.79. The van der Waals surface area contributed by atoms with Crippen molar-refractivity contribution < 1.29 is 0 Å². The zero-order chi connectivity index (χ0) is 15.0. The molecule has 21 heavy (non-hydrogen) atoms. The lowest BCUT2D eigenvalue weighted by atomic mass is 9.93. The van der Waals surface area contributed by atoms with Crippen LogP contribution in [0.15, 0.2) is 24.3 Å². The van der Waals surface area contributed by atoms with Crippen molar-refractivity contribution in [1.29, 1.82) is 0 Å². The predicted octanol–water partition coefficient (Wildman–Crippen LogP) is 2.17. The molecule has 3 rings (SSSR count). The van der Waals surface area contributed by atoms with Gasteiger partial charge in [0.25, 0.3) is 0 Å². The zero-order valence-electron chi connectivity index (χ0n) is 12.4. The Morgan fingerprint density at radius 3 is 2.48 bits per heavy atom. The van der Waals surface area contributed by atoms with Crippen LogP contribution in [0.1, 0.15) is 22.5 Å². The number of rotatable bonds is 4. The number of nitrogens with one attached hydrogen (secondary N) is 1. The van der Waals surface area contributed by atoms with Crippen LogP contribution in [0.5, 0.6) is 0 Å². The highest BCUT2D eigenvalue weighted by molar-refractivity contribution is 6.31. The fourth-order valence-electron chi connectivity index (χ4n) is 3.35. The molecule has 1 aromatic carbocycles. The maximum Gasteiger partial charge on any atom is 0.0847 e. The van der Waals surface area contributed by atoms with E-state index < -0.39 is 0 Å². The molecule has 2 aromatic rings. The molecular weight excluding hydrogens is 284 g/mol. The van der Waals surface area contributed by atoms with Gasteiger partial charge in [-0.2, -0.15) is 5.10 Å². The summed E-state index contributed by atoms with van der Waals surface area (Å²) in [6, 6.07) is 8.83. The lowest BCUT2D eigenvalue weighted by molar-refractivity contribution is 0.361.